The third-order valence-corrected chi connectivity index (χ3v) is 4.99. The predicted octanol–water partition coefficient (Wildman–Crippen LogP) is 2.88. The molecule has 0 heterocycles. The van der Waals surface area contributed by atoms with Crippen LogP contribution in [-0.2, 0) is 4.79 Å². The van der Waals surface area contributed by atoms with Crippen LogP contribution in [0.1, 0.15) is 40.5 Å². The van der Waals surface area contributed by atoms with Gasteiger partial charge in [0.2, 0.25) is 0 Å². The molecular formula is C15H22O2. The van der Waals surface area contributed by atoms with Gasteiger partial charge in [0.15, 0.2) is 5.78 Å². The molecule has 0 bridgehead atoms. The zero-order chi connectivity index (χ0) is 13.0. The predicted molar refractivity (Wildman–Crippen MR) is 68.5 cm³/mol. The van der Waals surface area contributed by atoms with E-state index in [1.165, 1.54) is 0 Å². The van der Waals surface area contributed by atoms with E-state index in [2.05, 4.69) is 13.5 Å². The summed E-state index contributed by atoms with van der Waals surface area (Å²) in [7, 11) is 0. The second-order valence-corrected chi connectivity index (χ2v) is 6.43. The molecule has 2 aliphatic carbocycles. The standard InChI is InChI=1S/C15H22O2/c1-9-8-11(16)13-14(3,4)12(17)6-7-15(13,5)10(9)2/h8,12-13,17H,2,6-7H2,1,3-5H3/t12-,13-,15-/m0/s1. The molecule has 2 nitrogen and oxygen atoms in total. The summed E-state index contributed by atoms with van der Waals surface area (Å²) in [5.41, 5.74) is 1.52. The van der Waals surface area contributed by atoms with Crippen LogP contribution in [0.3, 0.4) is 0 Å². The van der Waals surface area contributed by atoms with E-state index >= 15 is 0 Å². The van der Waals surface area contributed by atoms with Crippen LogP contribution in [0.5, 0.6) is 0 Å². The van der Waals surface area contributed by atoms with Gasteiger partial charge in [-0.25, -0.2) is 0 Å². The quantitative estimate of drug-likeness (QED) is 0.699. The Kier molecular flexibility index (Phi) is 2.62. The highest BCUT2D eigenvalue weighted by Gasteiger charge is 2.56. The smallest absolute Gasteiger partial charge is 0.160 e. The first-order valence-electron chi connectivity index (χ1n) is 6.31. The van der Waals surface area contributed by atoms with E-state index in [1.54, 1.807) is 6.08 Å². The zero-order valence-corrected chi connectivity index (χ0v) is 11.2. The third kappa shape index (κ3) is 1.54. The molecule has 2 aliphatic rings. The fraction of sp³-hybridized carbons (Fsp3) is 0.667. The number of fused-ring (bicyclic) bond motifs is 1. The molecule has 0 unspecified atom stereocenters. The number of allylic oxidation sites excluding steroid dienone is 3. The Bertz CT molecular complexity index is 417. The van der Waals surface area contributed by atoms with E-state index in [-0.39, 0.29) is 22.5 Å². The highest BCUT2D eigenvalue weighted by Crippen LogP contribution is 2.57. The van der Waals surface area contributed by atoms with Gasteiger partial charge in [-0.3, -0.25) is 4.79 Å². The Hall–Kier alpha value is -0.890. The molecule has 1 saturated carbocycles. The second-order valence-electron chi connectivity index (χ2n) is 6.43. The molecule has 0 radical (unpaired) electrons. The summed E-state index contributed by atoms with van der Waals surface area (Å²) in [5.74, 6) is 0.0103. The fourth-order valence-electron chi connectivity index (χ4n) is 3.81. The Morgan fingerprint density at radius 1 is 1.41 bits per heavy atom. The van der Waals surface area contributed by atoms with E-state index in [0.717, 1.165) is 24.0 Å². The normalized spacial score (nSPS) is 40.9. The molecule has 0 aliphatic heterocycles. The molecule has 2 heteroatoms. The molecule has 94 valence electrons. The van der Waals surface area contributed by atoms with Crippen LogP contribution >= 0.6 is 0 Å². The first-order chi connectivity index (χ1) is 7.71. The van der Waals surface area contributed by atoms with Crippen molar-refractivity contribution in [3.8, 4) is 0 Å². The molecule has 0 amide bonds. The van der Waals surface area contributed by atoms with E-state index in [0.29, 0.717) is 0 Å². The number of carbonyl (C=O) groups is 1. The summed E-state index contributed by atoms with van der Waals surface area (Å²) in [4.78, 5) is 12.3. The number of aliphatic hydroxyl groups is 1. The van der Waals surface area contributed by atoms with Crippen LogP contribution in [0.4, 0.5) is 0 Å². The van der Waals surface area contributed by atoms with Crippen molar-refractivity contribution in [3.63, 3.8) is 0 Å². The van der Waals surface area contributed by atoms with Crippen molar-refractivity contribution in [3.05, 3.63) is 23.8 Å². The van der Waals surface area contributed by atoms with Crippen molar-refractivity contribution >= 4 is 5.78 Å². The largest absolute Gasteiger partial charge is 0.393 e. The molecule has 0 spiro atoms. The van der Waals surface area contributed by atoms with Crippen molar-refractivity contribution in [2.45, 2.75) is 46.6 Å². The minimum Gasteiger partial charge on any atom is -0.393 e. The number of aliphatic hydroxyl groups excluding tert-OH is 1. The number of hydrogen-bond donors (Lipinski definition) is 1. The van der Waals surface area contributed by atoms with Crippen LogP contribution < -0.4 is 0 Å². The van der Waals surface area contributed by atoms with Crippen molar-refractivity contribution in [2.24, 2.45) is 16.7 Å². The van der Waals surface area contributed by atoms with Gasteiger partial charge >= 0.3 is 0 Å². The Morgan fingerprint density at radius 3 is 2.59 bits per heavy atom. The summed E-state index contributed by atoms with van der Waals surface area (Å²) >= 11 is 0. The SMILES string of the molecule is C=C1C(C)=CC(=O)[C@H]2C(C)(C)[C@@H](O)CC[C@@]12C. The van der Waals surface area contributed by atoms with E-state index in [1.807, 2.05) is 20.8 Å². The van der Waals surface area contributed by atoms with Crippen LogP contribution in [0.25, 0.3) is 0 Å². The number of carbonyl (C=O) groups excluding carboxylic acids is 1. The van der Waals surface area contributed by atoms with Gasteiger partial charge in [0.25, 0.3) is 0 Å². The van der Waals surface area contributed by atoms with Gasteiger partial charge in [-0.2, -0.15) is 0 Å². The van der Waals surface area contributed by atoms with Gasteiger partial charge in [-0.05, 0) is 37.0 Å². The van der Waals surface area contributed by atoms with Gasteiger partial charge < -0.3 is 5.11 Å². The van der Waals surface area contributed by atoms with Crippen LogP contribution in [0, 0.1) is 16.7 Å². The van der Waals surface area contributed by atoms with Crippen molar-refractivity contribution in [2.75, 3.05) is 0 Å². The summed E-state index contributed by atoms with van der Waals surface area (Å²) in [5, 5.41) is 10.2. The van der Waals surface area contributed by atoms with Crippen molar-refractivity contribution in [1.82, 2.24) is 0 Å². The minimum atomic E-state index is -0.399. The lowest BCUT2D eigenvalue weighted by Crippen LogP contribution is -2.54. The lowest BCUT2D eigenvalue weighted by Gasteiger charge is -2.54. The lowest BCUT2D eigenvalue weighted by molar-refractivity contribution is -0.140. The van der Waals surface area contributed by atoms with Gasteiger partial charge in [-0.15, -0.1) is 0 Å². The van der Waals surface area contributed by atoms with E-state index in [9.17, 15) is 9.90 Å². The maximum absolute atomic E-state index is 12.3. The molecule has 1 fully saturated rings. The Morgan fingerprint density at radius 2 is 2.00 bits per heavy atom. The average molecular weight is 234 g/mol. The van der Waals surface area contributed by atoms with Crippen molar-refractivity contribution in [1.29, 1.82) is 0 Å². The van der Waals surface area contributed by atoms with Crippen molar-refractivity contribution < 1.29 is 9.90 Å². The number of rotatable bonds is 0. The molecule has 0 aromatic rings. The summed E-state index contributed by atoms with van der Waals surface area (Å²) < 4.78 is 0. The van der Waals surface area contributed by atoms with Gasteiger partial charge in [0.1, 0.15) is 0 Å². The van der Waals surface area contributed by atoms with Gasteiger partial charge in [-0.1, -0.05) is 27.4 Å². The third-order valence-electron chi connectivity index (χ3n) is 4.99. The maximum atomic E-state index is 12.3. The molecular weight excluding hydrogens is 212 g/mol. The molecule has 0 aromatic heterocycles. The summed E-state index contributed by atoms with van der Waals surface area (Å²) in [6.07, 6.45) is 2.90. The van der Waals surface area contributed by atoms with E-state index in [4.69, 9.17) is 0 Å². The van der Waals surface area contributed by atoms with Gasteiger partial charge in [0.05, 0.1) is 6.10 Å². The van der Waals surface area contributed by atoms with Crippen LogP contribution in [0.15, 0.2) is 23.8 Å². The maximum Gasteiger partial charge on any atom is 0.160 e. The first kappa shape index (κ1) is 12.6. The van der Waals surface area contributed by atoms with Crippen LogP contribution in [0.2, 0.25) is 0 Å². The van der Waals surface area contributed by atoms with Crippen LogP contribution in [-0.4, -0.2) is 17.0 Å². The first-order valence-corrected chi connectivity index (χ1v) is 6.31. The lowest BCUT2D eigenvalue weighted by atomic mass is 9.49. The van der Waals surface area contributed by atoms with E-state index < -0.39 is 6.10 Å². The molecule has 0 aromatic carbocycles. The fourth-order valence-corrected chi connectivity index (χ4v) is 3.81. The molecule has 0 saturated heterocycles. The number of hydrogen-bond acceptors (Lipinski definition) is 2. The zero-order valence-electron chi connectivity index (χ0n) is 11.2. The van der Waals surface area contributed by atoms with Gasteiger partial charge in [0, 0.05) is 16.7 Å². The average Bonchev–Trinajstić information content (AvgIpc) is 2.21. The highest BCUT2D eigenvalue weighted by molar-refractivity contribution is 5.96. The highest BCUT2D eigenvalue weighted by atomic mass is 16.3. The Labute approximate surface area is 103 Å². The topological polar surface area (TPSA) is 37.3 Å². The summed E-state index contributed by atoms with van der Waals surface area (Å²) in [6, 6.07) is 0. The Balaban J connectivity index is 2.57. The minimum absolute atomic E-state index is 0.144. The molecule has 17 heavy (non-hydrogen) atoms. The second kappa shape index (κ2) is 3.55. The summed E-state index contributed by atoms with van der Waals surface area (Å²) in [6.45, 7) is 12.3. The molecule has 2 rings (SSSR count). The molecule has 1 N–H and O–H groups in total. The molecule has 3 atom stereocenters. The monoisotopic (exact) mass is 234 g/mol. The number of ketones is 1.